The number of benzene rings is 2. The molecular weight excluding hydrogens is 521 g/mol. The van der Waals surface area contributed by atoms with Crippen LogP contribution in [0.5, 0.6) is 5.75 Å². The molecule has 1 atom stereocenters. The predicted molar refractivity (Wildman–Crippen MR) is 145 cm³/mol. The largest absolute Gasteiger partial charge is 0.486 e. The lowest BCUT2D eigenvalue weighted by Gasteiger charge is -2.37. The first-order valence-corrected chi connectivity index (χ1v) is 13.5. The Labute approximate surface area is 227 Å². The number of ether oxygens (including phenoxy) is 2. The summed E-state index contributed by atoms with van der Waals surface area (Å²) in [6.45, 7) is 7.45. The van der Waals surface area contributed by atoms with Gasteiger partial charge in [-0.2, -0.15) is 0 Å². The molecule has 3 aromatic rings. The van der Waals surface area contributed by atoms with Gasteiger partial charge >= 0.3 is 6.09 Å². The van der Waals surface area contributed by atoms with Gasteiger partial charge < -0.3 is 18.9 Å². The minimum Gasteiger partial charge on any atom is -0.486 e. The fourth-order valence-electron chi connectivity index (χ4n) is 4.56. The molecular formula is C27H32Cl3N3O3. The van der Waals surface area contributed by atoms with Crippen LogP contribution in [-0.2, 0) is 17.9 Å². The number of aromatic nitrogens is 2. The van der Waals surface area contributed by atoms with E-state index in [1.807, 2.05) is 43.9 Å². The second kappa shape index (κ2) is 11.5. The summed E-state index contributed by atoms with van der Waals surface area (Å²) in [5.41, 5.74) is 1.17. The van der Waals surface area contributed by atoms with E-state index in [1.54, 1.807) is 18.2 Å². The molecule has 0 N–H and O–H groups in total. The van der Waals surface area contributed by atoms with Crippen LogP contribution in [-0.4, -0.2) is 38.7 Å². The fraction of sp³-hybridized carbons (Fsp3) is 0.481. The van der Waals surface area contributed by atoms with Crippen molar-refractivity contribution in [3.05, 3.63) is 57.3 Å². The number of imidazole rings is 1. The van der Waals surface area contributed by atoms with Crippen LogP contribution >= 0.6 is 34.8 Å². The van der Waals surface area contributed by atoms with Crippen molar-refractivity contribution in [3.63, 3.8) is 0 Å². The average Bonchev–Trinajstić information content (AvgIpc) is 3.14. The van der Waals surface area contributed by atoms with Gasteiger partial charge in [0.25, 0.3) is 0 Å². The zero-order valence-corrected chi connectivity index (χ0v) is 23.2. The molecule has 194 valence electrons. The average molecular weight is 553 g/mol. The predicted octanol–water partition coefficient (Wildman–Crippen LogP) is 8.15. The van der Waals surface area contributed by atoms with E-state index in [9.17, 15) is 4.79 Å². The van der Waals surface area contributed by atoms with Gasteiger partial charge in [0.1, 0.15) is 23.8 Å². The third-order valence-corrected chi connectivity index (χ3v) is 7.20. The third-order valence-electron chi connectivity index (χ3n) is 6.23. The lowest BCUT2D eigenvalue weighted by molar-refractivity contribution is 0.00852. The van der Waals surface area contributed by atoms with E-state index in [0.717, 1.165) is 55.5 Å². The quantitative estimate of drug-likeness (QED) is 0.297. The summed E-state index contributed by atoms with van der Waals surface area (Å²) in [6, 6.07) is 11.0. The van der Waals surface area contributed by atoms with Crippen LogP contribution in [0.1, 0.15) is 58.7 Å². The van der Waals surface area contributed by atoms with E-state index >= 15 is 0 Å². The van der Waals surface area contributed by atoms with Crippen LogP contribution in [0.4, 0.5) is 4.79 Å². The van der Waals surface area contributed by atoms with Crippen LogP contribution in [0, 0.1) is 0 Å². The summed E-state index contributed by atoms with van der Waals surface area (Å²) >= 11 is 18.6. The lowest BCUT2D eigenvalue weighted by atomic mass is 9.98. The molecule has 0 saturated carbocycles. The highest BCUT2D eigenvalue weighted by atomic mass is 35.5. The molecule has 1 saturated heterocycles. The van der Waals surface area contributed by atoms with Crippen LogP contribution in [0.2, 0.25) is 15.1 Å². The van der Waals surface area contributed by atoms with Gasteiger partial charge in [0, 0.05) is 24.2 Å². The Morgan fingerprint density at radius 2 is 1.81 bits per heavy atom. The number of nitrogens with zero attached hydrogens (tertiary/aromatic N) is 3. The number of aryl methyl sites for hydroxylation is 1. The van der Waals surface area contributed by atoms with Crippen molar-refractivity contribution in [2.45, 2.75) is 77.7 Å². The molecule has 0 aliphatic carbocycles. The van der Waals surface area contributed by atoms with Crippen molar-refractivity contribution in [1.82, 2.24) is 14.5 Å². The minimum absolute atomic E-state index is 0.162. The fourth-order valence-corrected chi connectivity index (χ4v) is 5.00. The number of carbonyl (C=O) groups is 1. The topological polar surface area (TPSA) is 56.6 Å². The molecule has 0 bridgehead atoms. The maximum atomic E-state index is 12.8. The molecule has 9 heteroatoms. The number of likely N-dealkylation sites (tertiary alicyclic amines) is 1. The molecule has 0 spiro atoms. The van der Waals surface area contributed by atoms with Crippen molar-refractivity contribution in [2.75, 3.05) is 6.54 Å². The lowest BCUT2D eigenvalue weighted by Crippen LogP contribution is -2.46. The SMILES string of the molecule is CC(C)(C)OC(=O)N1CCCCC1CCCn1c(COc2ccc(Cl)cc2)nc2cc(Cl)c(Cl)cc21. The molecule has 1 unspecified atom stereocenters. The van der Waals surface area contributed by atoms with E-state index in [4.69, 9.17) is 49.3 Å². The molecule has 1 amide bonds. The van der Waals surface area contributed by atoms with Crippen molar-refractivity contribution >= 4 is 51.9 Å². The minimum atomic E-state index is -0.506. The van der Waals surface area contributed by atoms with Crippen LogP contribution in [0.3, 0.4) is 0 Å². The van der Waals surface area contributed by atoms with Gasteiger partial charge in [0.05, 0.1) is 21.1 Å². The van der Waals surface area contributed by atoms with Gasteiger partial charge in [-0.05, 0) is 89.3 Å². The first-order chi connectivity index (χ1) is 17.1. The zero-order chi connectivity index (χ0) is 25.9. The summed E-state index contributed by atoms with van der Waals surface area (Å²) in [6.07, 6.45) is 4.62. The highest BCUT2D eigenvalue weighted by molar-refractivity contribution is 6.42. The Kier molecular flexibility index (Phi) is 8.59. The summed E-state index contributed by atoms with van der Waals surface area (Å²) in [5.74, 6) is 1.50. The number of hydrogen-bond acceptors (Lipinski definition) is 4. The van der Waals surface area contributed by atoms with Gasteiger partial charge in [-0.15, -0.1) is 0 Å². The molecule has 1 aliphatic heterocycles. The van der Waals surface area contributed by atoms with Gasteiger partial charge in [0.15, 0.2) is 0 Å². The molecule has 2 aromatic carbocycles. The summed E-state index contributed by atoms with van der Waals surface area (Å²) in [5, 5.41) is 1.61. The first kappa shape index (κ1) is 26.9. The zero-order valence-electron chi connectivity index (χ0n) is 20.9. The normalized spacial score (nSPS) is 16.4. The molecule has 6 nitrogen and oxygen atoms in total. The molecule has 4 rings (SSSR count). The number of hydrogen-bond donors (Lipinski definition) is 0. The summed E-state index contributed by atoms with van der Waals surface area (Å²) < 4.78 is 13.8. The third kappa shape index (κ3) is 6.78. The van der Waals surface area contributed by atoms with Crippen molar-refractivity contribution in [3.8, 4) is 5.75 Å². The smallest absolute Gasteiger partial charge is 0.410 e. The van der Waals surface area contributed by atoms with E-state index in [1.165, 1.54) is 0 Å². The van der Waals surface area contributed by atoms with E-state index in [-0.39, 0.29) is 12.1 Å². The number of piperidine rings is 1. The van der Waals surface area contributed by atoms with Gasteiger partial charge in [-0.3, -0.25) is 0 Å². The molecule has 1 aliphatic rings. The molecule has 1 fully saturated rings. The summed E-state index contributed by atoms with van der Waals surface area (Å²) in [4.78, 5) is 19.5. The number of halogens is 3. The van der Waals surface area contributed by atoms with Gasteiger partial charge in [-0.25, -0.2) is 9.78 Å². The molecule has 0 radical (unpaired) electrons. The molecule has 36 heavy (non-hydrogen) atoms. The highest BCUT2D eigenvalue weighted by Gasteiger charge is 2.30. The van der Waals surface area contributed by atoms with Crippen LogP contribution in [0.15, 0.2) is 36.4 Å². The summed E-state index contributed by atoms with van der Waals surface area (Å²) in [7, 11) is 0. The van der Waals surface area contributed by atoms with E-state index in [0.29, 0.717) is 34.0 Å². The second-order valence-electron chi connectivity index (χ2n) is 10.1. The maximum Gasteiger partial charge on any atom is 0.410 e. The number of amides is 1. The van der Waals surface area contributed by atoms with E-state index in [2.05, 4.69) is 4.57 Å². The van der Waals surface area contributed by atoms with Crippen LogP contribution < -0.4 is 4.74 Å². The van der Waals surface area contributed by atoms with Gasteiger partial charge in [0.2, 0.25) is 0 Å². The standard InChI is InChI=1S/C27H32Cl3N3O3/c1-27(2,3)36-26(34)32-13-5-4-7-19(32)8-6-14-33-24-16-22(30)21(29)15-23(24)31-25(33)17-35-20-11-9-18(28)10-12-20/h9-12,15-16,19H,4-8,13-14,17H2,1-3H3. The number of fused-ring (bicyclic) bond motifs is 1. The van der Waals surface area contributed by atoms with Crippen molar-refractivity contribution in [2.24, 2.45) is 0 Å². The van der Waals surface area contributed by atoms with Crippen molar-refractivity contribution in [1.29, 1.82) is 0 Å². The maximum absolute atomic E-state index is 12.8. The molecule has 1 aromatic heterocycles. The van der Waals surface area contributed by atoms with Crippen molar-refractivity contribution < 1.29 is 14.3 Å². The monoisotopic (exact) mass is 551 g/mol. The Morgan fingerprint density at radius 3 is 2.53 bits per heavy atom. The Hall–Kier alpha value is -2.15. The Morgan fingerprint density at radius 1 is 1.08 bits per heavy atom. The Balaban J connectivity index is 1.49. The molecule has 2 heterocycles. The van der Waals surface area contributed by atoms with E-state index < -0.39 is 5.60 Å². The highest BCUT2D eigenvalue weighted by Crippen LogP contribution is 2.30. The number of rotatable bonds is 7. The Bertz CT molecular complexity index is 1200. The van der Waals surface area contributed by atoms with Gasteiger partial charge in [-0.1, -0.05) is 34.8 Å². The first-order valence-electron chi connectivity index (χ1n) is 12.3. The number of carbonyl (C=O) groups excluding carboxylic acids is 1. The van der Waals surface area contributed by atoms with Crippen LogP contribution in [0.25, 0.3) is 11.0 Å². The second-order valence-corrected chi connectivity index (χ2v) is 11.4.